The number of hydrogen-bond donors (Lipinski definition) is 2. The highest BCUT2D eigenvalue weighted by molar-refractivity contribution is 5.95. The highest BCUT2D eigenvalue weighted by Crippen LogP contribution is 2.19. The summed E-state index contributed by atoms with van der Waals surface area (Å²) < 4.78 is 5.27. The van der Waals surface area contributed by atoms with Gasteiger partial charge in [0.25, 0.3) is 5.91 Å². The van der Waals surface area contributed by atoms with Gasteiger partial charge in [0.2, 0.25) is 0 Å². The van der Waals surface area contributed by atoms with E-state index in [2.05, 4.69) is 16.7 Å². The highest BCUT2D eigenvalue weighted by Gasteiger charge is 2.18. The van der Waals surface area contributed by atoms with Crippen LogP contribution in [0.4, 0.5) is 10.5 Å². The van der Waals surface area contributed by atoms with Crippen LogP contribution in [-0.4, -0.2) is 49.7 Å². The molecule has 1 saturated heterocycles. The maximum absolute atomic E-state index is 12.4. The van der Waals surface area contributed by atoms with E-state index in [1.54, 1.807) is 29.2 Å². The Hall–Kier alpha value is -2.34. The Labute approximate surface area is 154 Å². The number of urea groups is 1. The first-order valence-corrected chi connectivity index (χ1v) is 9.42. The maximum Gasteiger partial charge on any atom is 0.319 e. The molecule has 2 aliphatic rings. The Kier molecular flexibility index (Phi) is 6.66. The first-order valence-electron chi connectivity index (χ1n) is 9.42. The van der Waals surface area contributed by atoms with Crippen LogP contribution in [0.3, 0.4) is 0 Å². The predicted molar refractivity (Wildman–Crippen MR) is 101 cm³/mol. The average molecular weight is 357 g/mol. The van der Waals surface area contributed by atoms with Crippen LogP contribution in [-0.2, 0) is 4.74 Å². The van der Waals surface area contributed by atoms with Crippen LogP contribution >= 0.6 is 0 Å². The van der Waals surface area contributed by atoms with Gasteiger partial charge in [-0.05, 0) is 56.4 Å². The second kappa shape index (κ2) is 9.38. The van der Waals surface area contributed by atoms with Crippen molar-refractivity contribution in [1.29, 1.82) is 0 Å². The molecule has 0 bridgehead atoms. The standard InChI is InChI=1S/C20H27N3O3/c24-19(23-12-14-26-15-13-23)17-6-8-18(9-7-17)22-20(25)21-11-10-16-4-2-1-3-5-16/h4,6-9H,1-3,5,10-15H2,(H2,21,22,25). The van der Waals surface area contributed by atoms with Crippen molar-refractivity contribution in [2.24, 2.45) is 0 Å². The van der Waals surface area contributed by atoms with Crippen LogP contribution in [0.2, 0.25) is 0 Å². The second-order valence-corrected chi connectivity index (χ2v) is 6.72. The number of nitrogens with one attached hydrogen (secondary N) is 2. The largest absolute Gasteiger partial charge is 0.378 e. The van der Waals surface area contributed by atoms with Gasteiger partial charge in [-0.3, -0.25) is 4.79 Å². The number of nitrogens with zero attached hydrogens (tertiary/aromatic N) is 1. The monoisotopic (exact) mass is 357 g/mol. The molecule has 140 valence electrons. The molecule has 2 N–H and O–H groups in total. The Morgan fingerprint density at radius 1 is 1.08 bits per heavy atom. The summed E-state index contributed by atoms with van der Waals surface area (Å²) in [4.78, 5) is 26.2. The zero-order valence-corrected chi connectivity index (χ0v) is 15.1. The van der Waals surface area contributed by atoms with Gasteiger partial charge >= 0.3 is 6.03 Å². The van der Waals surface area contributed by atoms with Crippen molar-refractivity contribution in [2.45, 2.75) is 32.1 Å². The van der Waals surface area contributed by atoms with Crippen molar-refractivity contribution in [2.75, 3.05) is 38.2 Å². The van der Waals surface area contributed by atoms with Crippen molar-refractivity contribution in [1.82, 2.24) is 10.2 Å². The molecule has 1 aliphatic carbocycles. The fraction of sp³-hybridized carbons (Fsp3) is 0.500. The van der Waals surface area contributed by atoms with E-state index in [-0.39, 0.29) is 11.9 Å². The summed E-state index contributed by atoms with van der Waals surface area (Å²) in [6, 6.07) is 6.81. The first-order chi connectivity index (χ1) is 12.7. The number of benzene rings is 1. The van der Waals surface area contributed by atoms with E-state index < -0.39 is 0 Å². The number of morpholine rings is 1. The van der Waals surface area contributed by atoms with E-state index in [0.717, 1.165) is 19.3 Å². The minimum absolute atomic E-state index is 0.00468. The lowest BCUT2D eigenvalue weighted by atomic mass is 9.97. The Morgan fingerprint density at radius 2 is 1.85 bits per heavy atom. The number of carbonyl (C=O) groups is 2. The third-order valence-electron chi connectivity index (χ3n) is 4.80. The molecule has 1 aromatic rings. The van der Waals surface area contributed by atoms with Crippen molar-refractivity contribution in [3.05, 3.63) is 41.5 Å². The van der Waals surface area contributed by atoms with E-state index in [1.165, 1.54) is 18.4 Å². The van der Waals surface area contributed by atoms with Gasteiger partial charge in [-0.2, -0.15) is 0 Å². The van der Waals surface area contributed by atoms with Crippen molar-refractivity contribution < 1.29 is 14.3 Å². The molecular formula is C20H27N3O3. The van der Waals surface area contributed by atoms with Crippen LogP contribution in [0.15, 0.2) is 35.9 Å². The number of carbonyl (C=O) groups excluding carboxylic acids is 2. The third-order valence-corrected chi connectivity index (χ3v) is 4.80. The molecule has 0 radical (unpaired) electrons. The SMILES string of the molecule is O=C(NCCC1=CCCCC1)Nc1ccc(C(=O)N2CCOCC2)cc1. The molecule has 6 nitrogen and oxygen atoms in total. The number of allylic oxidation sites excluding steroid dienone is 1. The van der Waals surface area contributed by atoms with Gasteiger partial charge in [0.05, 0.1) is 13.2 Å². The summed E-state index contributed by atoms with van der Waals surface area (Å²) >= 11 is 0. The third kappa shape index (κ3) is 5.33. The summed E-state index contributed by atoms with van der Waals surface area (Å²) in [5.74, 6) is 0.00468. The molecule has 0 saturated carbocycles. The maximum atomic E-state index is 12.4. The first kappa shape index (κ1) is 18.5. The summed E-state index contributed by atoms with van der Waals surface area (Å²) in [6.07, 6.45) is 8.07. The van der Waals surface area contributed by atoms with E-state index in [9.17, 15) is 9.59 Å². The van der Waals surface area contributed by atoms with Crippen molar-refractivity contribution in [3.63, 3.8) is 0 Å². The van der Waals surface area contributed by atoms with Gasteiger partial charge in [0, 0.05) is 30.9 Å². The number of rotatable bonds is 5. The second-order valence-electron chi connectivity index (χ2n) is 6.72. The van der Waals surface area contributed by atoms with Gasteiger partial charge < -0.3 is 20.3 Å². The topological polar surface area (TPSA) is 70.7 Å². The Bertz CT molecular complexity index is 649. The molecule has 1 aliphatic heterocycles. The lowest BCUT2D eigenvalue weighted by Crippen LogP contribution is -2.40. The van der Waals surface area contributed by atoms with E-state index >= 15 is 0 Å². The van der Waals surface area contributed by atoms with Gasteiger partial charge in [-0.15, -0.1) is 0 Å². The average Bonchev–Trinajstić information content (AvgIpc) is 2.69. The van der Waals surface area contributed by atoms with Crippen molar-refractivity contribution >= 4 is 17.6 Å². The molecule has 0 atom stereocenters. The summed E-state index contributed by atoms with van der Waals surface area (Å²) in [5, 5.41) is 5.70. The minimum atomic E-state index is -0.214. The summed E-state index contributed by atoms with van der Waals surface area (Å²) in [7, 11) is 0. The number of hydrogen-bond acceptors (Lipinski definition) is 3. The molecule has 0 aromatic heterocycles. The molecule has 0 unspecified atom stereocenters. The van der Waals surface area contributed by atoms with Crippen molar-refractivity contribution in [3.8, 4) is 0 Å². The fourth-order valence-electron chi connectivity index (χ4n) is 3.29. The Morgan fingerprint density at radius 3 is 2.54 bits per heavy atom. The Balaban J connectivity index is 1.43. The molecule has 6 heteroatoms. The van der Waals surface area contributed by atoms with Crippen LogP contribution < -0.4 is 10.6 Å². The molecule has 1 aromatic carbocycles. The molecule has 3 amide bonds. The van der Waals surface area contributed by atoms with Gasteiger partial charge in [-0.25, -0.2) is 4.79 Å². The highest BCUT2D eigenvalue weighted by atomic mass is 16.5. The van der Waals surface area contributed by atoms with E-state index in [0.29, 0.717) is 44.1 Å². The number of ether oxygens (including phenoxy) is 1. The van der Waals surface area contributed by atoms with Gasteiger partial charge in [0.1, 0.15) is 0 Å². The zero-order valence-electron chi connectivity index (χ0n) is 15.1. The molecule has 3 rings (SSSR count). The minimum Gasteiger partial charge on any atom is -0.378 e. The summed E-state index contributed by atoms with van der Waals surface area (Å²) in [6.45, 7) is 3.06. The predicted octanol–water partition coefficient (Wildman–Crippen LogP) is 3.17. The number of anilines is 1. The van der Waals surface area contributed by atoms with Gasteiger partial charge in [-0.1, -0.05) is 11.6 Å². The molecule has 26 heavy (non-hydrogen) atoms. The van der Waals surface area contributed by atoms with Crippen LogP contribution in [0.1, 0.15) is 42.5 Å². The van der Waals surface area contributed by atoms with E-state index in [1.807, 2.05) is 0 Å². The van der Waals surface area contributed by atoms with Gasteiger partial charge in [0.15, 0.2) is 0 Å². The zero-order chi connectivity index (χ0) is 18.2. The molecular weight excluding hydrogens is 330 g/mol. The van der Waals surface area contributed by atoms with Crippen LogP contribution in [0, 0.1) is 0 Å². The number of amides is 3. The fourth-order valence-corrected chi connectivity index (χ4v) is 3.29. The summed E-state index contributed by atoms with van der Waals surface area (Å²) in [5.41, 5.74) is 2.75. The quantitative estimate of drug-likeness (QED) is 0.795. The molecule has 1 fully saturated rings. The van der Waals surface area contributed by atoms with Crippen LogP contribution in [0.5, 0.6) is 0 Å². The lowest BCUT2D eigenvalue weighted by molar-refractivity contribution is 0.0303. The molecule has 0 spiro atoms. The molecule has 1 heterocycles. The lowest BCUT2D eigenvalue weighted by Gasteiger charge is -2.26. The normalized spacial score (nSPS) is 17.4. The van der Waals surface area contributed by atoms with Crippen LogP contribution in [0.25, 0.3) is 0 Å². The van der Waals surface area contributed by atoms with E-state index in [4.69, 9.17) is 4.74 Å². The smallest absolute Gasteiger partial charge is 0.319 e.